The number of hydrogen-bond acceptors (Lipinski definition) is 2. The molecule has 1 aromatic rings. The molecule has 0 saturated carbocycles. The van der Waals surface area contributed by atoms with Crippen LogP contribution in [0.2, 0.25) is 0 Å². The van der Waals surface area contributed by atoms with Gasteiger partial charge in [0.2, 0.25) is 0 Å². The van der Waals surface area contributed by atoms with Crippen LogP contribution in [-0.2, 0) is 13.5 Å². The highest BCUT2D eigenvalue weighted by Crippen LogP contribution is 2.17. The summed E-state index contributed by atoms with van der Waals surface area (Å²) in [6.07, 6.45) is 7.77. The summed E-state index contributed by atoms with van der Waals surface area (Å²) in [5, 5.41) is 4.18. The summed E-state index contributed by atoms with van der Waals surface area (Å²) in [4.78, 5) is 3.29. The lowest BCUT2D eigenvalue weighted by atomic mass is 10.1. The minimum atomic E-state index is 0.743. The molecule has 1 aromatic heterocycles. The Bertz CT molecular complexity index is 303. The van der Waals surface area contributed by atoms with E-state index in [1.165, 1.54) is 38.0 Å². The van der Waals surface area contributed by atoms with Crippen LogP contribution in [0.15, 0.2) is 12.4 Å². The van der Waals surface area contributed by atoms with Gasteiger partial charge in [-0.2, -0.15) is 5.10 Å². The van der Waals surface area contributed by atoms with Gasteiger partial charge in [-0.3, -0.25) is 4.68 Å². The van der Waals surface area contributed by atoms with E-state index in [9.17, 15) is 0 Å². The first-order chi connectivity index (χ1) is 7.24. The van der Waals surface area contributed by atoms with Crippen molar-refractivity contribution in [1.29, 1.82) is 0 Å². The Labute approximate surface area is 99.6 Å². The highest BCUT2D eigenvalue weighted by atomic mass is 79.9. The molecule has 84 valence electrons. The minimum absolute atomic E-state index is 0.743. The second kappa shape index (κ2) is 5.12. The van der Waals surface area contributed by atoms with Crippen LogP contribution < -0.4 is 0 Å². The zero-order valence-electron chi connectivity index (χ0n) is 9.19. The number of alkyl halides is 1. The third-order valence-electron chi connectivity index (χ3n) is 2.99. The first-order valence-electron chi connectivity index (χ1n) is 5.58. The van der Waals surface area contributed by atoms with Crippen molar-refractivity contribution in [2.24, 2.45) is 7.05 Å². The summed E-state index contributed by atoms with van der Waals surface area (Å²) >= 11 is 3.68. The largest absolute Gasteiger partial charge is 0.303 e. The standard InChI is InChI=1S/C11H18BrN3/c1-14-9-10(8-13-14)2-5-15-6-3-11(12)4-7-15/h8-9,11H,2-7H2,1H3. The molecule has 0 spiro atoms. The highest BCUT2D eigenvalue weighted by molar-refractivity contribution is 9.09. The molecule has 0 atom stereocenters. The molecule has 1 aliphatic heterocycles. The highest BCUT2D eigenvalue weighted by Gasteiger charge is 2.16. The van der Waals surface area contributed by atoms with E-state index in [1.54, 1.807) is 0 Å². The van der Waals surface area contributed by atoms with Crippen molar-refractivity contribution in [3.63, 3.8) is 0 Å². The number of aryl methyl sites for hydroxylation is 1. The molecule has 1 aliphatic rings. The lowest BCUT2D eigenvalue weighted by molar-refractivity contribution is 0.237. The molecular weight excluding hydrogens is 254 g/mol. The maximum atomic E-state index is 4.18. The van der Waals surface area contributed by atoms with Gasteiger partial charge in [0.05, 0.1) is 6.20 Å². The van der Waals surface area contributed by atoms with E-state index in [2.05, 4.69) is 32.1 Å². The Morgan fingerprint density at radius 2 is 2.20 bits per heavy atom. The topological polar surface area (TPSA) is 21.1 Å². The molecule has 0 aromatic carbocycles. The number of piperidine rings is 1. The lowest BCUT2D eigenvalue weighted by Gasteiger charge is -2.29. The van der Waals surface area contributed by atoms with Crippen molar-refractivity contribution in [1.82, 2.24) is 14.7 Å². The summed E-state index contributed by atoms with van der Waals surface area (Å²) in [6.45, 7) is 3.64. The second-order valence-corrected chi connectivity index (χ2v) is 5.58. The quantitative estimate of drug-likeness (QED) is 0.783. The maximum absolute atomic E-state index is 4.18. The molecular formula is C11H18BrN3. The van der Waals surface area contributed by atoms with Gasteiger partial charge in [0.25, 0.3) is 0 Å². The summed E-state index contributed by atoms with van der Waals surface area (Å²) < 4.78 is 1.88. The van der Waals surface area contributed by atoms with Gasteiger partial charge in [0, 0.05) is 24.6 Å². The first-order valence-corrected chi connectivity index (χ1v) is 6.49. The van der Waals surface area contributed by atoms with Crippen molar-refractivity contribution < 1.29 is 0 Å². The number of likely N-dealkylation sites (tertiary alicyclic amines) is 1. The zero-order valence-corrected chi connectivity index (χ0v) is 10.8. The Balaban J connectivity index is 1.74. The molecule has 4 heteroatoms. The zero-order chi connectivity index (χ0) is 10.7. The van der Waals surface area contributed by atoms with Crippen LogP contribution in [0.3, 0.4) is 0 Å². The number of rotatable bonds is 3. The molecule has 2 rings (SSSR count). The molecule has 1 saturated heterocycles. The number of halogens is 1. The summed E-state index contributed by atoms with van der Waals surface area (Å²) in [7, 11) is 1.97. The van der Waals surface area contributed by atoms with Crippen molar-refractivity contribution in [3.8, 4) is 0 Å². The second-order valence-electron chi connectivity index (χ2n) is 4.29. The van der Waals surface area contributed by atoms with Crippen LogP contribution in [0.5, 0.6) is 0 Å². The normalized spacial score (nSPS) is 19.6. The van der Waals surface area contributed by atoms with Gasteiger partial charge in [-0.15, -0.1) is 0 Å². The number of nitrogens with zero attached hydrogens (tertiary/aromatic N) is 3. The van der Waals surface area contributed by atoms with Gasteiger partial charge in [-0.25, -0.2) is 0 Å². The molecule has 0 bridgehead atoms. The van der Waals surface area contributed by atoms with Crippen LogP contribution in [0.25, 0.3) is 0 Å². The fraction of sp³-hybridized carbons (Fsp3) is 0.727. The summed E-state index contributed by atoms with van der Waals surface area (Å²) in [6, 6.07) is 0. The van der Waals surface area contributed by atoms with Gasteiger partial charge in [0.1, 0.15) is 0 Å². The summed E-state index contributed by atoms with van der Waals surface area (Å²) in [5.41, 5.74) is 1.35. The van der Waals surface area contributed by atoms with Crippen LogP contribution in [0, 0.1) is 0 Å². The van der Waals surface area contributed by atoms with Gasteiger partial charge < -0.3 is 4.90 Å². The number of hydrogen-bond donors (Lipinski definition) is 0. The third-order valence-corrected chi connectivity index (χ3v) is 3.91. The van der Waals surface area contributed by atoms with Crippen molar-refractivity contribution in [2.75, 3.05) is 19.6 Å². The number of aromatic nitrogens is 2. The fourth-order valence-electron chi connectivity index (χ4n) is 2.01. The molecule has 3 nitrogen and oxygen atoms in total. The van der Waals surface area contributed by atoms with E-state index in [0.29, 0.717) is 0 Å². The summed E-state index contributed by atoms with van der Waals surface area (Å²) in [5.74, 6) is 0. The maximum Gasteiger partial charge on any atom is 0.0522 e. The minimum Gasteiger partial charge on any atom is -0.303 e. The van der Waals surface area contributed by atoms with E-state index in [-0.39, 0.29) is 0 Å². The van der Waals surface area contributed by atoms with E-state index in [1.807, 2.05) is 17.9 Å². The van der Waals surface area contributed by atoms with Crippen LogP contribution in [-0.4, -0.2) is 39.1 Å². The predicted octanol–water partition coefficient (Wildman–Crippen LogP) is 1.82. The molecule has 1 fully saturated rings. The lowest BCUT2D eigenvalue weighted by Crippen LogP contribution is -2.35. The van der Waals surface area contributed by atoms with Gasteiger partial charge in [-0.1, -0.05) is 15.9 Å². The van der Waals surface area contributed by atoms with Gasteiger partial charge in [-0.05, 0) is 37.9 Å². The first kappa shape index (κ1) is 11.1. The van der Waals surface area contributed by atoms with Gasteiger partial charge in [0.15, 0.2) is 0 Å². The van der Waals surface area contributed by atoms with Crippen LogP contribution in [0.4, 0.5) is 0 Å². The van der Waals surface area contributed by atoms with E-state index < -0.39 is 0 Å². The van der Waals surface area contributed by atoms with E-state index in [0.717, 1.165) is 11.2 Å². The molecule has 15 heavy (non-hydrogen) atoms. The van der Waals surface area contributed by atoms with Crippen molar-refractivity contribution >= 4 is 15.9 Å². The third kappa shape index (κ3) is 3.31. The van der Waals surface area contributed by atoms with Crippen LogP contribution >= 0.6 is 15.9 Å². The predicted molar refractivity (Wildman–Crippen MR) is 65.3 cm³/mol. The van der Waals surface area contributed by atoms with E-state index in [4.69, 9.17) is 0 Å². The molecule has 0 N–H and O–H groups in total. The average Bonchev–Trinajstić information content (AvgIpc) is 2.64. The monoisotopic (exact) mass is 271 g/mol. The van der Waals surface area contributed by atoms with Gasteiger partial charge >= 0.3 is 0 Å². The smallest absolute Gasteiger partial charge is 0.0522 e. The molecule has 0 unspecified atom stereocenters. The van der Waals surface area contributed by atoms with Crippen molar-refractivity contribution in [3.05, 3.63) is 18.0 Å². The fourth-order valence-corrected chi connectivity index (χ4v) is 2.42. The molecule has 2 heterocycles. The average molecular weight is 272 g/mol. The van der Waals surface area contributed by atoms with Crippen molar-refractivity contribution in [2.45, 2.75) is 24.1 Å². The Kier molecular flexibility index (Phi) is 3.81. The Hall–Kier alpha value is -0.350. The van der Waals surface area contributed by atoms with E-state index >= 15 is 0 Å². The molecule has 0 aliphatic carbocycles. The molecule has 0 radical (unpaired) electrons. The molecule has 0 amide bonds. The Morgan fingerprint density at radius 1 is 1.47 bits per heavy atom. The Morgan fingerprint density at radius 3 is 2.80 bits per heavy atom. The SMILES string of the molecule is Cn1cc(CCN2CCC(Br)CC2)cn1. The van der Waals surface area contributed by atoms with Crippen LogP contribution in [0.1, 0.15) is 18.4 Å².